The van der Waals surface area contributed by atoms with E-state index >= 15 is 0 Å². The fourth-order valence-electron chi connectivity index (χ4n) is 3.43. The summed E-state index contributed by atoms with van der Waals surface area (Å²) in [6, 6.07) is 19.8. The molecule has 3 aromatic rings. The molecule has 8 heteroatoms. The number of methoxy groups -OCH3 is 2. The summed E-state index contributed by atoms with van der Waals surface area (Å²) >= 11 is 0. The molecule has 0 spiro atoms. The van der Waals surface area contributed by atoms with Crippen molar-refractivity contribution in [2.75, 3.05) is 32.7 Å². The Hall–Kier alpha value is -4.17. The highest BCUT2D eigenvalue weighted by Crippen LogP contribution is 2.32. The number of non-ortho nitro benzene ring substituents is 1. The first kappa shape index (κ1) is 24.5. The van der Waals surface area contributed by atoms with E-state index in [1.165, 1.54) is 12.1 Å². The molecule has 0 saturated heterocycles. The van der Waals surface area contributed by atoms with Crippen LogP contribution < -0.4 is 20.2 Å². The molecule has 0 saturated carbocycles. The molecule has 0 aromatic heterocycles. The Labute approximate surface area is 199 Å². The van der Waals surface area contributed by atoms with Gasteiger partial charge in [0.25, 0.3) is 5.69 Å². The molecule has 0 radical (unpaired) electrons. The zero-order chi connectivity index (χ0) is 24.3. The number of nitrogens with zero attached hydrogens (tertiary/aromatic N) is 2. The number of ether oxygens (including phenoxy) is 2. The van der Waals surface area contributed by atoms with Gasteiger partial charge < -0.3 is 14.8 Å². The number of anilines is 1. The van der Waals surface area contributed by atoms with Gasteiger partial charge in [0.2, 0.25) is 0 Å². The molecule has 0 fully saturated rings. The first-order valence-corrected chi connectivity index (χ1v) is 10.8. The summed E-state index contributed by atoms with van der Waals surface area (Å²) in [6.07, 6.45) is 2.55. The lowest BCUT2D eigenvalue weighted by Crippen LogP contribution is -2.19. The van der Waals surface area contributed by atoms with Crippen LogP contribution in [0.2, 0.25) is 0 Å². The minimum atomic E-state index is -0.432. The Bertz CT molecular complexity index is 1150. The molecule has 0 aliphatic rings. The number of hydrogen-bond acceptors (Lipinski definition) is 7. The van der Waals surface area contributed by atoms with E-state index in [0.717, 1.165) is 29.7 Å². The Morgan fingerprint density at radius 2 is 1.74 bits per heavy atom. The maximum Gasteiger partial charge on any atom is 0.269 e. The van der Waals surface area contributed by atoms with Gasteiger partial charge in [-0.2, -0.15) is 5.10 Å². The number of nitro groups is 1. The van der Waals surface area contributed by atoms with Crippen molar-refractivity contribution in [3.63, 3.8) is 0 Å². The first-order chi connectivity index (χ1) is 16.6. The van der Waals surface area contributed by atoms with Gasteiger partial charge in [-0.25, -0.2) is 0 Å². The fraction of sp³-hybridized carbons (Fsp3) is 0.192. The Morgan fingerprint density at radius 3 is 2.35 bits per heavy atom. The summed E-state index contributed by atoms with van der Waals surface area (Å²) < 4.78 is 11.1. The number of hydrazone groups is 1. The number of nitro benzene ring substituents is 1. The van der Waals surface area contributed by atoms with Gasteiger partial charge >= 0.3 is 0 Å². The largest absolute Gasteiger partial charge is 0.493 e. The molecule has 0 unspecified atom stereocenters. The van der Waals surface area contributed by atoms with Crippen molar-refractivity contribution in [2.45, 2.75) is 6.42 Å². The molecule has 3 aromatic carbocycles. The van der Waals surface area contributed by atoms with Crippen molar-refractivity contribution in [2.24, 2.45) is 5.10 Å². The second-order valence-electron chi connectivity index (χ2n) is 7.35. The lowest BCUT2D eigenvalue weighted by atomic mass is 9.95. The topological polar surface area (TPSA) is 98.0 Å². The van der Waals surface area contributed by atoms with E-state index in [4.69, 9.17) is 14.6 Å². The summed E-state index contributed by atoms with van der Waals surface area (Å²) in [4.78, 5) is 10.5. The molecular weight excluding hydrogens is 432 g/mol. The van der Waals surface area contributed by atoms with Crippen LogP contribution >= 0.6 is 0 Å². The third-order valence-electron chi connectivity index (χ3n) is 5.15. The highest BCUT2D eigenvalue weighted by molar-refractivity contribution is 6.14. The molecule has 8 nitrogen and oxygen atoms in total. The second-order valence-corrected chi connectivity index (χ2v) is 7.35. The van der Waals surface area contributed by atoms with Gasteiger partial charge in [-0.1, -0.05) is 36.4 Å². The van der Waals surface area contributed by atoms with Crippen LogP contribution in [0.5, 0.6) is 11.5 Å². The van der Waals surface area contributed by atoms with Crippen molar-refractivity contribution in [3.8, 4) is 11.5 Å². The Kier molecular flexibility index (Phi) is 8.76. The van der Waals surface area contributed by atoms with Gasteiger partial charge in [-0.15, -0.1) is 6.58 Å². The number of nitrogens with one attached hydrogen (secondary N) is 2. The summed E-state index contributed by atoms with van der Waals surface area (Å²) in [6.45, 7) is 5.20. The van der Waals surface area contributed by atoms with Crippen molar-refractivity contribution in [1.29, 1.82) is 0 Å². The van der Waals surface area contributed by atoms with E-state index in [1.807, 2.05) is 48.5 Å². The molecule has 3 rings (SSSR count). The number of hydrogen-bond donors (Lipinski definition) is 2. The predicted molar refractivity (Wildman–Crippen MR) is 135 cm³/mol. The molecule has 0 atom stereocenters. The van der Waals surface area contributed by atoms with Crippen LogP contribution in [0, 0.1) is 10.1 Å². The average molecular weight is 461 g/mol. The van der Waals surface area contributed by atoms with Crippen LogP contribution in [0.1, 0.15) is 16.7 Å². The first-order valence-electron chi connectivity index (χ1n) is 10.8. The maximum absolute atomic E-state index is 11.0. The lowest BCUT2D eigenvalue weighted by molar-refractivity contribution is -0.384. The average Bonchev–Trinajstić information content (AvgIpc) is 2.87. The van der Waals surface area contributed by atoms with E-state index in [9.17, 15) is 10.1 Å². The third-order valence-corrected chi connectivity index (χ3v) is 5.15. The molecule has 0 aliphatic heterocycles. The van der Waals surface area contributed by atoms with Gasteiger partial charge in [-0.05, 0) is 42.8 Å². The number of rotatable bonds is 12. The molecule has 0 bridgehead atoms. The van der Waals surface area contributed by atoms with E-state index in [1.54, 1.807) is 26.4 Å². The highest BCUT2D eigenvalue weighted by atomic mass is 16.6. The zero-order valence-electron chi connectivity index (χ0n) is 19.3. The van der Waals surface area contributed by atoms with Crippen LogP contribution in [0.3, 0.4) is 0 Å². The van der Waals surface area contributed by atoms with Crippen molar-refractivity contribution < 1.29 is 14.4 Å². The van der Waals surface area contributed by atoms with Gasteiger partial charge in [0.15, 0.2) is 11.5 Å². The monoisotopic (exact) mass is 460 g/mol. The standard InChI is InChI=1S/C26H28N4O4/c1-4-15-27-16-14-20-17-24(33-2)25(34-3)18-23(20)26(19-8-6-5-7-9-19)29-28-21-10-12-22(13-11-21)30(31)32/h4-13,17-18,27-28H,1,14-16H2,2-3H3/b29-26-. The molecular formula is C26H28N4O4. The maximum atomic E-state index is 11.0. The van der Waals surface area contributed by atoms with E-state index in [0.29, 0.717) is 29.4 Å². The van der Waals surface area contributed by atoms with E-state index < -0.39 is 4.92 Å². The summed E-state index contributed by atoms with van der Waals surface area (Å²) in [5, 5.41) is 19.0. The minimum absolute atomic E-state index is 0.0204. The molecule has 176 valence electrons. The normalized spacial score (nSPS) is 11.1. The van der Waals surface area contributed by atoms with Gasteiger partial charge in [0.05, 0.1) is 30.5 Å². The SMILES string of the molecule is C=CCNCCc1cc(OC)c(OC)cc1/C(=N\Nc1ccc([N+](=O)[O-])cc1)c1ccccc1. The predicted octanol–water partition coefficient (Wildman–Crippen LogP) is 4.79. The molecule has 0 heterocycles. The van der Waals surface area contributed by atoms with Crippen molar-refractivity contribution in [1.82, 2.24) is 5.32 Å². The second kappa shape index (κ2) is 12.2. The summed E-state index contributed by atoms with van der Waals surface area (Å²) in [5.74, 6) is 1.24. The van der Waals surface area contributed by atoms with Crippen LogP contribution in [0.15, 0.2) is 84.5 Å². The lowest BCUT2D eigenvalue weighted by Gasteiger charge is -2.17. The molecule has 34 heavy (non-hydrogen) atoms. The molecule has 2 N–H and O–H groups in total. The van der Waals surface area contributed by atoms with Gasteiger partial charge in [-0.3, -0.25) is 15.5 Å². The summed E-state index contributed by atoms with van der Waals surface area (Å²) in [5.41, 5.74) is 7.23. The van der Waals surface area contributed by atoms with E-state index in [2.05, 4.69) is 17.3 Å². The Balaban J connectivity index is 2.06. The van der Waals surface area contributed by atoms with Gasteiger partial charge in [0, 0.05) is 29.8 Å². The summed E-state index contributed by atoms with van der Waals surface area (Å²) in [7, 11) is 3.21. The molecule has 0 aliphatic carbocycles. The smallest absolute Gasteiger partial charge is 0.269 e. The fourth-order valence-corrected chi connectivity index (χ4v) is 3.43. The van der Waals surface area contributed by atoms with E-state index in [-0.39, 0.29) is 5.69 Å². The van der Waals surface area contributed by atoms with Crippen molar-refractivity contribution >= 4 is 17.1 Å². The van der Waals surface area contributed by atoms with Gasteiger partial charge in [0.1, 0.15) is 0 Å². The third kappa shape index (κ3) is 6.20. The van der Waals surface area contributed by atoms with Crippen LogP contribution in [-0.2, 0) is 6.42 Å². The van der Waals surface area contributed by atoms with Crippen LogP contribution in [-0.4, -0.2) is 37.9 Å². The zero-order valence-corrected chi connectivity index (χ0v) is 19.3. The number of benzene rings is 3. The minimum Gasteiger partial charge on any atom is -0.493 e. The van der Waals surface area contributed by atoms with Crippen LogP contribution in [0.4, 0.5) is 11.4 Å². The molecule has 0 amide bonds. The highest BCUT2D eigenvalue weighted by Gasteiger charge is 2.17. The quantitative estimate of drug-likeness (QED) is 0.133. The van der Waals surface area contributed by atoms with Crippen molar-refractivity contribution in [3.05, 3.63) is 106 Å². The Morgan fingerprint density at radius 1 is 1.06 bits per heavy atom. The van der Waals surface area contributed by atoms with Crippen LogP contribution in [0.25, 0.3) is 0 Å².